The number of fused-ring (bicyclic) bond motifs is 1. The number of anilines is 2. The fourth-order valence-electron chi connectivity index (χ4n) is 1.88. The first kappa shape index (κ1) is 13.7. The average molecular weight is 264 g/mol. The Kier molecular flexibility index (Phi) is 3.95. The lowest BCUT2D eigenvalue weighted by atomic mass is 10.1. The quantitative estimate of drug-likeness (QED) is 0.875. The van der Waals surface area contributed by atoms with Crippen molar-refractivity contribution in [1.82, 2.24) is 0 Å². The molecule has 1 amide bonds. The summed E-state index contributed by atoms with van der Waals surface area (Å²) in [5.74, 6) is 0.577. The molecule has 1 aromatic carbocycles. The SMILES string of the molecule is COC(C)C(C)Nc1ccc2c(c1)NC(=O)C(C)O2. The van der Waals surface area contributed by atoms with Crippen molar-refractivity contribution in [3.63, 3.8) is 0 Å². The van der Waals surface area contributed by atoms with Crippen molar-refractivity contribution in [2.75, 3.05) is 17.7 Å². The summed E-state index contributed by atoms with van der Waals surface area (Å²) in [6.45, 7) is 5.78. The van der Waals surface area contributed by atoms with Crippen molar-refractivity contribution in [3.05, 3.63) is 18.2 Å². The van der Waals surface area contributed by atoms with Crippen LogP contribution in [0.4, 0.5) is 11.4 Å². The molecule has 104 valence electrons. The van der Waals surface area contributed by atoms with E-state index < -0.39 is 6.10 Å². The van der Waals surface area contributed by atoms with Crippen LogP contribution >= 0.6 is 0 Å². The van der Waals surface area contributed by atoms with Gasteiger partial charge in [-0.25, -0.2) is 0 Å². The Morgan fingerprint density at radius 1 is 1.42 bits per heavy atom. The van der Waals surface area contributed by atoms with Crippen LogP contribution in [0.2, 0.25) is 0 Å². The molecule has 0 radical (unpaired) electrons. The Bertz CT molecular complexity index is 476. The minimum atomic E-state index is -0.446. The molecule has 0 aliphatic carbocycles. The molecule has 1 aromatic rings. The summed E-state index contributed by atoms with van der Waals surface area (Å²) in [7, 11) is 1.69. The van der Waals surface area contributed by atoms with E-state index in [1.165, 1.54) is 0 Å². The molecule has 2 rings (SSSR count). The first-order valence-corrected chi connectivity index (χ1v) is 6.42. The van der Waals surface area contributed by atoms with E-state index in [0.717, 1.165) is 5.69 Å². The topological polar surface area (TPSA) is 59.6 Å². The number of ether oxygens (including phenoxy) is 2. The molecule has 1 aliphatic rings. The second-order valence-corrected chi connectivity index (χ2v) is 4.83. The summed E-state index contributed by atoms with van der Waals surface area (Å²) in [6, 6.07) is 5.83. The predicted molar refractivity (Wildman–Crippen MR) is 74.7 cm³/mol. The van der Waals surface area contributed by atoms with Gasteiger partial charge in [0.25, 0.3) is 5.91 Å². The number of carbonyl (C=O) groups is 1. The van der Waals surface area contributed by atoms with E-state index in [1.54, 1.807) is 14.0 Å². The number of rotatable bonds is 4. The molecule has 0 spiro atoms. The van der Waals surface area contributed by atoms with Gasteiger partial charge >= 0.3 is 0 Å². The number of nitrogens with one attached hydrogen (secondary N) is 2. The average Bonchev–Trinajstić information content (AvgIpc) is 2.39. The Morgan fingerprint density at radius 2 is 2.16 bits per heavy atom. The van der Waals surface area contributed by atoms with Gasteiger partial charge in [0, 0.05) is 18.8 Å². The van der Waals surface area contributed by atoms with Gasteiger partial charge in [-0.2, -0.15) is 0 Å². The summed E-state index contributed by atoms with van der Waals surface area (Å²) < 4.78 is 10.8. The molecule has 0 aromatic heterocycles. The summed E-state index contributed by atoms with van der Waals surface area (Å²) in [4.78, 5) is 11.6. The van der Waals surface area contributed by atoms with Gasteiger partial charge in [0.2, 0.25) is 0 Å². The molecule has 2 N–H and O–H groups in total. The van der Waals surface area contributed by atoms with Crippen LogP contribution in [0.5, 0.6) is 5.75 Å². The maximum absolute atomic E-state index is 11.6. The van der Waals surface area contributed by atoms with Crippen LogP contribution in [0.1, 0.15) is 20.8 Å². The van der Waals surface area contributed by atoms with Crippen molar-refractivity contribution in [3.8, 4) is 5.75 Å². The molecule has 19 heavy (non-hydrogen) atoms. The maximum Gasteiger partial charge on any atom is 0.265 e. The van der Waals surface area contributed by atoms with Gasteiger partial charge in [0.05, 0.1) is 11.8 Å². The Hall–Kier alpha value is -1.75. The fourth-order valence-corrected chi connectivity index (χ4v) is 1.88. The maximum atomic E-state index is 11.6. The summed E-state index contributed by atoms with van der Waals surface area (Å²) in [5.41, 5.74) is 1.62. The Balaban J connectivity index is 2.13. The van der Waals surface area contributed by atoms with Crippen molar-refractivity contribution >= 4 is 17.3 Å². The molecular weight excluding hydrogens is 244 g/mol. The monoisotopic (exact) mass is 264 g/mol. The Morgan fingerprint density at radius 3 is 2.84 bits per heavy atom. The minimum absolute atomic E-state index is 0.0990. The molecule has 1 heterocycles. The van der Waals surface area contributed by atoms with E-state index in [2.05, 4.69) is 10.6 Å². The van der Waals surface area contributed by atoms with E-state index in [9.17, 15) is 4.79 Å². The molecule has 0 saturated carbocycles. The summed E-state index contributed by atoms with van der Waals surface area (Å²) in [5, 5.41) is 6.17. The van der Waals surface area contributed by atoms with Crippen LogP contribution in [0, 0.1) is 0 Å². The van der Waals surface area contributed by atoms with Gasteiger partial charge in [0.15, 0.2) is 6.10 Å². The van der Waals surface area contributed by atoms with Crippen molar-refractivity contribution in [2.45, 2.75) is 39.0 Å². The highest BCUT2D eigenvalue weighted by molar-refractivity contribution is 5.98. The van der Waals surface area contributed by atoms with Crippen LogP contribution in [-0.2, 0) is 9.53 Å². The van der Waals surface area contributed by atoms with E-state index in [1.807, 2.05) is 32.0 Å². The van der Waals surface area contributed by atoms with E-state index in [4.69, 9.17) is 9.47 Å². The number of hydrogen-bond acceptors (Lipinski definition) is 4. The van der Waals surface area contributed by atoms with E-state index in [0.29, 0.717) is 11.4 Å². The molecule has 0 fully saturated rings. The second-order valence-electron chi connectivity index (χ2n) is 4.83. The number of methoxy groups -OCH3 is 1. The van der Waals surface area contributed by atoms with Crippen LogP contribution in [0.25, 0.3) is 0 Å². The molecular formula is C14H20N2O3. The molecule has 5 nitrogen and oxygen atoms in total. The molecule has 5 heteroatoms. The largest absolute Gasteiger partial charge is 0.479 e. The van der Waals surface area contributed by atoms with Gasteiger partial charge in [0.1, 0.15) is 5.75 Å². The summed E-state index contributed by atoms with van der Waals surface area (Å²) >= 11 is 0. The van der Waals surface area contributed by atoms with Crippen LogP contribution in [0.15, 0.2) is 18.2 Å². The van der Waals surface area contributed by atoms with E-state index in [-0.39, 0.29) is 18.1 Å². The van der Waals surface area contributed by atoms with Gasteiger partial charge in [-0.1, -0.05) is 0 Å². The first-order valence-electron chi connectivity index (χ1n) is 6.42. The third-order valence-corrected chi connectivity index (χ3v) is 3.38. The number of hydrogen-bond donors (Lipinski definition) is 2. The van der Waals surface area contributed by atoms with Crippen molar-refractivity contribution in [1.29, 1.82) is 0 Å². The fraction of sp³-hybridized carbons (Fsp3) is 0.500. The number of amides is 1. The molecule has 0 bridgehead atoms. The standard InChI is InChI=1S/C14H20N2O3/c1-8(9(2)18-4)15-11-5-6-13-12(7-11)16-14(17)10(3)19-13/h5-10,15H,1-4H3,(H,16,17). The van der Waals surface area contributed by atoms with Crippen LogP contribution < -0.4 is 15.4 Å². The van der Waals surface area contributed by atoms with Crippen molar-refractivity contribution in [2.24, 2.45) is 0 Å². The number of benzene rings is 1. The van der Waals surface area contributed by atoms with Gasteiger partial charge in [-0.15, -0.1) is 0 Å². The van der Waals surface area contributed by atoms with Crippen LogP contribution in [0.3, 0.4) is 0 Å². The molecule has 0 saturated heterocycles. The highest BCUT2D eigenvalue weighted by Crippen LogP contribution is 2.32. The van der Waals surface area contributed by atoms with Crippen LogP contribution in [-0.4, -0.2) is 31.3 Å². The molecule has 3 atom stereocenters. The smallest absolute Gasteiger partial charge is 0.265 e. The predicted octanol–water partition coefficient (Wildman–Crippen LogP) is 2.24. The normalized spacial score (nSPS) is 20.8. The third-order valence-electron chi connectivity index (χ3n) is 3.38. The van der Waals surface area contributed by atoms with Crippen molar-refractivity contribution < 1.29 is 14.3 Å². The Labute approximate surface area is 113 Å². The highest BCUT2D eigenvalue weighted by atomic mass is 16.5. The highest BCUT2D eigenvalue weighted by Gasteiger charge is 2.23. The lowest BCUT2D eigenvalue weighted by molar-refractivity contribution is -0.122. The zero-order valence-electron chi connectivity index (χ0n) is 11.7. The number of carbonyl (C=O) groups excluding carboxylic acids is 1. The van der Waals surface area contributed by atoms with Gasteiger partial charge in [-0.3, -0.25) is 4.79 Å². The van der Waals surface area contributed by atoms with E-state index >= 15 is 0 Å². The zero-order valence-corrected chi connectivity index (χ0v) is 11.7. The van der Waals surface area contributed by atoms with Gasteiger partial charge in [-0.05, 0) is 39.0 Å². The third kappa shape index (κ3) is 2.98. The molecule has 3 unspecified atom stereocenters. The lowest BCUT2D eigenvalue weighted by Crippen LogP contribution is -2.34. The molecule has 1 aliphatic heterocycles. The lowest BCUT2D eigenvalue weighted by Gasteiger charge is -2.25. The van der Waals surface area contributed by atoms with Gasteiger partial charge < -0.3 is 20.1 Å². The zero-order chi connectivity index (χ0) is 14.0. The second kappa shape index (κ2) is 5.48. The minimum Gasteiger partial charge on any atom is -0.479 e. The first-order chi connectivity index (χ1) is 9.01. The summed E-state index contributed by atoms with van der Waals surface area (Å²) in [6.07, 6.45) is -0.347.